The van der Waals surface area contributed by atoms with Crippen LogP contribution in [-0.4, -0.2) is 38.1 Å². The van der Waals surface area contributed by atoms with E-state index in [0.717, 1.165) is 0 Å². The second-order valence-electron chi connectivity index (χ2n) is 5.87. The first kappa shape index (κ1) is 17.0. The van der Waals surface area contributed by atoms with E-state index in [2.05, 4.69) is 10.6 Å². The van der Waals surface area contributed by atoms with E-state index in [-0.39, 0.29) is 24.3 Å². The van der Waals surface area contributed by atoms with Gasteiger partial charge in [0.05, 0.1) is 6.61 Å². The van der Waals surface area contributed by atoms with E-state index in [1.54, 1.807) is 20.9 Å². The minimum atomic E-state index is -0.599. The summed E-state index contributed by atoms with van der Waals surface area (Å²) in [7, 11) is 1.57. The zero-order chi connectivity index (χ0) is 15.0. The molecule has 1 aliphatic rings. The Morgan fingerprint density at radius 2 is 1.80 bits per heavy atom. The van der Waals surface area contributed by atoms with Gasteiger partial charge in [0, 0.05) is 19.6 Å². The van der Waals surface area contributed by atoms with Crippen molar-refractivity contribution >= 4 is 11.8 Å². The molecule has 0 bridgehead atoms. The number of rotatable bonds is 7. The van der Waals surface area contributed by atoms with Gasteiger partial charge >= 0.3 is 0 Å². The smallest absolute Gasteiger partial charge is 0.244 e. The molecular weight excluding hydrogens is 256 g/mol. The van der Waals surface area contributed by atoms with Crippen LogP contribution in [0, 0.1) is 11.8 Å². The number of nitrogens with one attached hydrogen (secondary N) is 2. The van der Waals surface area contributed by atoms with Gasteiger partial charge in [-0.2, -0.15) is 0 Å². The second-order valence-corrected chi connectivity index (χ2v) is 5.87. The third-order valence-electron chi connectivity index (χ3n) is 3.77. The zero-order valence-corrected chi connectivity index (χ0v) is 12.9. The molecule has 0 aromatic rings. The van der Waals surface area contributed by atoms with E-state index in [9.17, 15) is 9.59 Å². The monoisotopic (exact) mass is 284 g/mol. The molecule has 2 N–H and O–H groups in total. The number of carbonyl (C=O) groups is 2. The van der Waals surface area contributed by atoms with Crippen LogP contribution < -0.4 is 10.6 Å². The van der Waals surface area contributed by atoms with E-state index >= 15 is 0 Å². The topological polar surface area (TPSA) is 67.4 Å². The van der Waals surface area contributed by atoms with Crippen LogP contribution in [0.2, 0.25) is 0 Å². The number of likely N-dealkylation sites (N-methyl/N-ethyl adjacent to an activating group) is 1. The van der Waals surface area contributed by atoms with Crippen molar-refractivity contribution in [3.8, 4) is 0 Å². The highest BCUT2D eigenvalue weighted by Gasteiger charge is 2.22. The molecule has 0 heterocycles. The van der Waals surface area contributed by atoms with E-state index < -0.39 is 6.04 Å². The molecule has 1 rings (SSSR count). The van der Waals surface area contributed by atoms with Crippen LogP contribution in [0.15, 0.2) is 0 Å². The Morgan fingerprint density at radius 1 is 1.15 bits per heavy atom. The summed E-state index contributed by atoms with van der Waals surface area (Å²) < 4.78 is 5.66. The summed E-state index contributed by atoms with van der Waals surface area (Å²) in [5.74, 6) is 0.137. The summed E-state index contributed by atoms with van der Waals surface area (Å²) in [4.78, 5) is 23.4. The van der Waals surface area contributed by atoms with Crippen LogP contribution in [0.1, 0.15) is 46.0 Å². The van der Waals surface area contributed by atoms with Gasteiger partial charge in [0.15, 0.2) is 0 Å². The van der Waals surface area contributed by atoms with Crippen molar-refractivity contribution in [1.82, 2.24) is 10.6 Å². The van der Waals surface area contributed by atoms with Crippen molar-refractivity contribution < 1.29 is 14.3 Å². The molecule has 5 heteroatoms. The third-order valence-corrected chi connectivity index (χ3v) is 3.77. The Morgan fingerprint density at radius 3 is 2.35 bits per heavy atom. The number of amides is 2. The predicted molar refractivity (Wildman–Crippen MR) is 78.2 cm³/mol. The van der Waals surface area contributed by atoms with Crippen LogP contribution in [0.4, 0.5) is 0 Å². The van der Waals surface area contributed by atoms with Crippen molar-refractivity contribution in [3.63, 3.8) is 0 Å². The van der Waals surface area contributed by atoms with Gasteiger partial charge in [-0.3, -0.25) is 9.59 Å². The summed E-state index contributed by atoms with van der Waals surface area (Å²) in [6, 6.07) is -0.599. The van der Waals surface area contributed by atoms with Crippen molar-refractivity contribution in [2.75, 3.05) is 20.3 Å². The second kappa shape index (κ2) is 8.95. The van der Waals surface area contributed by atoms with Gasteiger partial charge in [0.25, 0.3) is 0 Å². The fourth-order valence-corrected chi connectivity index (χ4v) is 2.40. The molecule has 1 fully saturated rings. The minimum Gasteiger partial charge on any atom is -0.378 e. The van der Waals surface area contributed by atoms with Crippen LogP contribution in [0.25, 0.3) is 0 Å². The summed E-state index contributed by atoms with van der Waals surface area (Å²) >= 11 is 0. The first-order valence-electron chi connectivity index (χ1n) is 7.64. The van der Waals surface area contributed by atoms with Gasteiger partial charge < -0.3 is 15.4 Å². The van der Waals surface area contributed by atoms with Gasteiger partial charge in [0.2, 0.25) is 11.8 Å². The Kier molecular flexibility index (Phi) is 7.59. The van der Waals surface area contributed by atoms with Crippen LogP contribution >= 0.6 is 0 Å². The standard InChI is InChI=1S/C15H28N2O3/c1-11(2)14(18)17-13(15(19)16-3)10-20-9-12-7-5-4-6-8-12/h11-13H,4-10H2,1-3H3,(H,16,19)(H,17,18). The average Bonchev–Trinajstić information content (AvgIpc) is 2.46. The molecule has 2 amide bonds. The van der Waals surface area contributed by atoms with Gasteiger partial charge in [-0.1, -0.05) is 33.1 Å². The van der Waals surface area contributed by atoms with E-state index in [4.69, 9.17) is 4.74 Å². The molecule has 116 valence electrons. The average molecular weight is 284 g/mol. The number of hydrogen-bond acceptors (Lipinski definition) is 3. The Bertz CT molecular complexity index is 312. The van der Waals surface area contributed by atoms with Crippen molar-refractivity contribution in [2.45, 2.75) is 52.0 Å². The fourth-order valence-electron chi connectivity index (χ4n) is 2.40. The SMILES string of the molecule is CNC(=O)C(COCC1CCCCC1)NC(=O)C(C)C. The lowest BCUT2D eigenvalue weighted by Gasteiger charge is -2.23. The fraction of sp³-hybridized carbons (Fsp3) is 0.867. The van der Waals surface area contributed by atoms with Crippen LogP contribution in [0.5, 0.6) is 0 Å². The number of hydrogen-bond donors (Lipinski definition) is 2. The van der Waals surface area contributed by atoms with Crippen LogP contribution in [0.3, 0.4) is 0 Å². The Hall–Kier alpha value is -1.10. The van der Waals surface area contributed by atoms with E-state index in [1.807, 2.05) is 0 Å². The van der Waals surface area contributed by atoms with Gasteiger partial charge in [-0.05, 0) is 18.8 Å². The molecular formula is C15H28N2O3. The summed E-state index contributed by atoms with van der Waals surface area (Å²) in [5.41, 5.74) is 0. The molecule has 1 atom stereocenters. The maximum absolute atomic E-state index is 11.7. The molecule has 1 aliphatic carbocycles. The molecule has 0 spiro atoms. The molecule has 20 heavy (non-hydrogen) atoms. The summed E-state index contributed by atoms with van der Waals surface area (Å²) in [6.45, 7) is 4.54. The van der Waals surface area contributed by atoms with Gasteiger partial charge in [-0.25, -0.2) is 0 Å². The third kappa shape index (κ3) is 5.90. The van der Waals surface area contributed by atoms with Crippen molar-refractivity contribution in [2.24, 2.45) is 11.8 Å². The zero-order valence-electron chi connectivity index (χ0n) is 12.9. The first-order chi connectivity index (χ1) is 9.54. The summed E-state index contributed by atoms with van der Waals surface area (Å²) in [5, 5.41) is 5.29. The molecule has 0 aromatic heterocycles. The summed E-state index contributed by atoms with van der Waals surface area (Å²) in [6.07, 6.45) is 6.29. The molecule has 0 radical (unpaired) electrons. The Labute approximate surface area is 121 Å². The van der Waals surface area contributed by atoms with Crippen LogP contribution in [-0.2, 0) is 14.3 Å². The van der Waals surface area contributed by atoms with Crippen molar-refractivity contribution in [1.29, 1.82) is 0 Å². The lowest BCUT2D eigenvalue weighted by molar-refractivity contribution is -0.132. The lowest BCUT2D eigenvalue weighted by atomic mass is 9.90. The predicted octanol–water partition coefficient (Wildman–Crippen LogP) is 1.47. The molecule has 0 aliphatic heterocycles. The van der Waals surface area contributed by atoms with Gasteiger partial charge in [-0.15, -0.1) is 0 Å². The Balaban J connectivity index is 2.36. The first-order valence-corrected chi connectivity index (χ1v) is 7.64. The number of carbonyl (C=O) groups excluding carboxylic acids is 2. The highest BCUT2D eigenvalue weighted by Crippen LogP contribution is 2.23. The highest BCUT2D eigenvalue weighted by atomic mass is 16.5. The molecule has 1 unspecified atom stereocenters. The van der Waals surface area contributed by atoms with Gasteiger partial charge in [0.1, 0.15) is 6.04 Å². The molecule has 5 nitrogen and oxygen atoms in total. The molecule has 1 saturated carbocycles. The molecule has 0 saturated heterocycles. The van der Waals surface area contributed by atoms with Crippen molar-refractivity contribution in [3.05, 3.63) is 0 Å². The normalized spacial score (nSPS) is 17.8. The highest BCUT2D eigenvalue weighted by molar-refractivity contribution is 5.88. The lowest BCUT2D eigenvalue weighted by Crippen LogP contribution is -2.49. The maximum atomic E-state index is 11.7. The quantitative estimate of drug-likeness (QED) is 0.744. The largest absolute Gasteiger partial charge is 0.378 e. The maximum Gasteiger partial charge on any atom is 0.244 e. The molecule has 0 aromatic carbocycles. The number of ether oxygens (including phenoxy) is 1. The van der Waals surface area contributed by atoms with E-state index in [0.29, 0.717) is 12.5 Å². The minimum absolute atomic E-state index is 0.125. The van der Waals surface area contributed by atoms with E-state index in [1.165, 1.54) is 32.1 Å².